The second-order valence-electron chi connectivity index (χ2n) is 4.79. The Balaban J connectivity index is 2.46. The highest BCUT2D eigenvalue weighted by Crippen LogP contribution is 2.30. The number of carbonyl (C=O) groups is 2. The lowest BCUT2D eigenvalue weighted by Crippen LogP contribution is -2.35. The third-order valence-electron chi connectivity index (χ3n) is 3.21. The molecule has 0 aromatic carbocycles. The highest BCUT2D eigenvalue weighted by molar-refractivity contribution is 6.08. The molecular formula is C15H19N3O6. The monoisotopic (exact) mass is 337 g/mol. The van der Waals surface area contributed by atoms with Crippen molar-refractivity contribution in [3.05, 3.63) is 17.7 Å². The van der Waals surface area contributed by atoms with Crippen LogP contribution in [0, 0.1) is 6.92 Å². The third-order valence-corrected chi connectivity index (χ3v) is 3.21. The summed E-state index contributed by atoms with van der Waals surface area (Å²) in [4.78, 5) is 32.0. The number of rotatable bonds is 7. The van der Waals surface area contributed by atoms with Crippen LogP contribution in [0.25, 0.3) is 11.1 Å². The predicted octanol–water partition coefficient (Wildman–Crippen LogP) is 1.04. The van der Waals surface area contributed by atoms with Gasteiger partial charge in [-0.15, -0.1) is 0 Å². The number of nitrogens with one attached hydrogen (secondary N) is 1. The van der Waals surface area contributed by atoms with Crippen LogP contribution in [0.2, 0.25) is 0 Å². The van der Waals surface area contributed by atoms with Crippen LogP contribution in [0.15, 0.2) is 10.7 Å². The first-order chi connectivity index (χ1) is 11.5. The molecule has 9 heteroatoms. The molecule has 0 saturated carbocycles. The minimum Gasteiger partial charge on any atom is -0.464 e. The Labute approximate surface area is 138 Å². The number of aliphatic hydroxyl groups excluding tert-OH is 1. The number of fused-ring (bicyclic) bond motifs is 1. The van der Waals surface area contributed by atoms with Crippen LogP contribution in [0.3, 0.4) is 0 Å². The van der Waals surface area contributed by atoms with Gasteiger partial charge >= 0.3 is 11.9 Å². The summed E-state index contributed by atoms with van der Waals surface area (Å²) in [5.41, 5.74) is 0.351. The predicted molar refractivity (Wildman–Crippen MR) is 83.6 cm³/mol. The number of nitrogens with zero attached hydrogens (tertiary/aromatic N) is 2. The van der Waals surface area contributed by atoms with Crippen molar-refractivity contribution < 1.29 is 28.6 Å². The lowest BCUT2D eigenvalue weighted by Gasteiger charge is -2.15. The number of aliphatic hydroxyl groups is 1. The Morgan fingerprint density at radius 1 is 1.29 bits per heavy atom. The molecule has 0 aliphatic rings. The molecule has 0 saturated heterocycles. The van der Waals surface area contributed by atoms with Crippen molar-refractivity contribution in [2.24, 2.45) is 0 Å². The van der Waals surface area contributed by atoms with E-state index in [9.17, 15) is 14.7 Å². The maximum atomic E-state index is 12.2. The van der Waals surface area contributed by atoms with E-state index in [2.05, 4.69) is 15.3 Å². The Hall–Kier alpha value is -2.68. The summed E-state index contributed by atoms with van der Waals surface area (Å²) in [6.07, 6.45) is 1.22. The van der Waals surface area contributed by atoms with E-state index in [-0.39, 0.29) is 35.7 Å². The molecule has 0 aliphatic carbocycles. The molecule has 0 bridgehead atoms. The van der Waals surface area contributed by atoms with Crippen molar-refractivity contribution in [2.75, 3.05) is 25.1 Å². The van der Waals surface area contributed by atoms with Gasteiger partial charge in [0.25, 0.3) is 0 Å². The van der Waals surface area contributed by atoms with Crippen LogP contribution in [-0.2, 0) is 14.3 Å². The molecule has 0 spiro atoms. The van der Waals surface area contributed by atoms with E-state index in [1.807, 2.05) is 0 Å². The summed E-state index contributed by atoms with van der Waals surface area (Å²) >= 11 is 0. The summed E-state index contributed by atoms with van der Waals surface area (Å²) in [5.74, 6) is -0.719. The number of ether oxygens (including phenoxy) is 2. The molecule has 2 rings (SSSR count). The summed E-state index contributed by atoms with van der Waals surface area (Å²) < 4.78 is 15.4. The van der Waals surface area contributed by atoms with E-state index < -0.39 is 24.6 Å². The van der Waals surface area contributed by atoms with Crippen molar-refractivity contribution in [1.29, 1.82) is 0 Å². The third kappa shape index (κ3) is 3.46. The average Bonchev–Trinajstić information content (AvgIpc) is 2.89. The fraction of sp³-hybridized carbons (Fsp3) is 0.467. The lowest BCUT2D eigenvalue weighted by atomic mass is 10.1. The summed E-state index contributed by atoms with van der Waals surface area (Å²) in [5, 5.41) is 12.5. The maximum absolute atomic E-state index is 12.2. The Kier molecular flexibility index (Phi) is 5.69. The molecule has 0 radical (unpaired) electrons. The number of hydrogen-bond donors (Lipinski definition) is 2. The molecular weight excluding hydrogens is 318 g/mol. The van der Waals surface area contributed by atoms with E-state index in [0.29, 0.717) is 5.76 Å². The Morgan fingerprint density at radius 2 is 2.00 bits per heavy atom. The minimum atomic E-state index is -1.03. The first kappa shape index (κ1) is 17.7. The Morgan fingerprint density at radius 3 is 2.62 bits per heavy atom. The number of carbonyl (C=O) groups excluding carboxylic acids is 2. The van der Waals surface area contributed by atoms with Gasteiger partial charge in [-0.1, -0.05) is 0 Å². The van der Waals surface area contributed by atoms with Crippen LogP contribution < -0.4 is 5.32 Å². The van der Waals surface area contributed by atoms with Crippen LogP contribution >= 0.6 is 0 Å². The van der Waals surface area contributed by atoms with Gasteiger partial charge in [-0.05, 0) is 20.8 Å². The van der Waals surface area contributed by atoms with Gasteiger partial charge in [0.15, 0.2) is 0 Å². The van der Waals surface area contributed by atoms with Gasteiger partial charge < -0.3 is 24.3 Å². The lowest BCUT2D eigenvalue weighted by molar-refractivity contribution is -0.144. The van der Waals surface area contributed by atoms with Gasteiger partial charge in [0, 0.05) is 0 Å². The first-order valence-corrected chi connectivity index (χ1v) is 7.48. The van der Waals surface area contributed by atoms with Crippen LogP contribution in [0.4, 0.5) is 5.82 Å². The van der Waals surface area contributed by atoms with E-state index in [1.54, 1.807) is 20.8 Å². The molecule has 9 nitrogen and oxygen atoms in total. The minimum absolute atomic E-state index is 0.173. The molecule has 0 unspecified atom stereocenters. The second-order valence-corrected chi connectivity index (χ2v) is 4.79. The number of anilines is 1. The smallest absolute Gasteiger partial charge is 0.342 e. The highest BCUT2D eigenvalue weighted by atomic mass is 16.5. The average molecular weight is 337 g/mol. The molecule has 24 heavy (non-hydrogen) atoms. The summed E-state index contributed by atoms with van der Waals surface area (Å²) in [6, 6.07) is -1.03. The van der Waals surface area contributed by atoms with E-state index in [0.717, 1.165) is 0 Å². The van der Waals surface area contributed by atoms with E-state index in [1.165, 1.54) is 6.33 Å². The number of aromatic nitrogens is 2. The topological polar surface area (TPSA) is 124 Å². The molecule has 1 atom stereocenters. The van der Waals surface area contributed by atoms with E-state index >= 15 is 0 Å². The Bertz CT molecular complexity index is 742. The van der Waals surface area contributed by atoms with Gasteiger partial charge in [0.2, 0.25) is 5.71 Å². The van der Waals surface area contributed by atoms with Gasteiger partial charge in [0.05, 0.1) is 25.2 Å². The van der Waals surface area contributed by atoms with Gasteiger partial charge in [0.1, 0.15) is 29.5 Å². The fourth-order valence-corrected chi connectivity index (χ4v) is 2.19. The van der Waals surface area contributed by atoms with Crippen molar-refractivity contribution >= 4 is 28.9 Å². The standard InChI is InChI=1S/C15H19N3O6/c1-4-22-14(20)9(6-19)18-12-11-10(15(21)23-5-2)8(3)24-13(11)17-7-16-12/h7,9,19H,4-6H2,1-3H3,(H,16,17,18)/t9-/m1/s1. The maximum Gasteiger partial charge on any atom is 0.342 e. The molecule has 2 heterocycles. The normalized spacial score (nSPS) is 12.0. The molecule has 2 aromatic heterocycles. The van der Waals surface area contributed by atoms with Crippen LogP contribution in [0.5, 0.6) is 0 Å². The van der Waals surface area contributed by atoms with Crippen molar-refractivity contribution in [3.63, 3.8) is 0 Å². The second kappa shape index (κ2) is 7.73. The van der Waals surface area contributed by atoms with Crippen molar-refractivity contribution in [3.8, 4) is 0 Å². The van der Waals surface area contributed by atoms with Crippen molar-refractivity contribution in [1.82, 2.24) is 9.97 Å². The molecule has 0 aliphatic heterocycles. The van der Waals surface area contributed by atoms with E-state index in [4.69, 9.17) is 13.9 Å². The fourth-order valence-electron chi connectivity index (χ4n) is 2.19. The molecule has 130 valence electrons. The number of hydrogen-bond acceptors (Lipinski definition) is 9. The number of esters is 2. The van der Waals surface area contributed by atoms with Crippen molar-refractivity contribution in [2.45, 2.75) is 26.8 Å². The largest absolute Gasteiger partial charge is 0.464 e. The number of furan rings is 1. The summed E-state index contributed by atoms with van der Waals surface area (Å²) in [7, 11) is 0. The molecule has 0 fully saturated rings. The molecule has 0 amide bonds. The zero-order chi connectivity index (χ0) is 17.7. The number of aryl methyl sites for hydroxylation is 1. The molecule has 2 N–H and O–H groups in total. The highest BCUT2D eigenvalue weighted by Gasteiger charge is 2.26. The summed E-state index contributed by atoms with van der Waals surface area (Å²) in [6.45, 7) is 4.82. The van der Waals surface area contributed by atoms with Crippen LogP contribution in [-0.4, -0.2) is 52.9 Å². The SMILES string of the molecule is CCOC(=O)c1c(C)oc2ncnc(N[C@H](CO)C(=O)OCC)c12. The molecule has 2 aromatic rings. The quantitative estimate of drug-likeness (QED) is 0.713. The van der Waals surface area contributed by atoms with Crippen LogP contribution in [0.1, 0.15) is 30.0 Å². The van der Waals surface area contributed by atoms with Gasteiger partial charge in [-0.25, -0.2) is 19.6 Å². The van der Waals surface area contributed by atoms with Gasteiger partial charge in [-0.3, -0.25) is 0 Å². The van der Waals surface area contributed by atoms with Gasteiger partial charge in [-0.2, -0.15) is 0 Å². The zero-order valence-electron chi connectivity index (χ0n) is 13.7. The first-order valence-electron chi connectivity index (χ1n) is 7.48. The zero-order valence-corrected chi connectivity index (χ0v) is 13.7.